The van der Waals surface area contributed by atoms with Gasteiger partial charge in [0.1, 0.15) is 11.5 Å². The Balaban J connectivity index is 2.08. The predicted octanol–water partition coefficient (Wildman–Crippen LogP) is 3.68. The van der Waals surface area contributed by atoms with Crippen molar-refractivity contribution in [3.63, 3.8) is 0 Å². The van der Waals surface area contributed by atoms with Crippen LogP contribution in [0, 0.1) is 0 Å². The second kappa shape index (κ2) is 8.48. The molecule has 0 unspecified atom stereocenters. The van der Waals surface area contributed by atoms with Gasteiger partial charge in [0, 0.05) is 11.0 Å². The highest BCUT2D eigenvalue weighted by atomic mass is 32.2. The summed E-state index contributed by atoms with van der Waals surface area (Å²) in [6.07, 6.45) is 1.14. The number of carbonyl (C=O) groups excluding carboxylic acids is 1. The summed E-state index contributed by atoms with van der Waals surface area (Å²) in [5.74, 6) is 0.924. The van der Waals surface area contributed by atoms with Crippen LogP contribution in [-0.2, 0) is 16.0 Å². The van der Waals surface area contributed by atoms with Crippen molar-refractivity contribution in [2.75, 3.05) is 12.9 Å². The van der Waals surface area contributed by atoms with Gasteiger partial charge in [-0.05, 0) is 41.8 Å². The van der Waals surface area contributed by atoms with Crippen molar-refractivity contribution >= 4 is 17.7 Å². The van der Waals surface area contributed by atoms with E-state index >= 15 is 0 Å². The van der Waals surface area contributed by atoms with Gasteiger partial charge in [-0.1, -0.05) is 24.3 Å². The van der Waals surface area contributed by atoms with Crippen molar-refractivity contribution < 1.29 is 19.7 Å². The predicted molar refractivity (Wildman–Crippen MR) is 91.7 cm³/mol. The molecule has 0 amide bonds. The molecule has 0 radical (unpaired) electrons. The normalized spacial score (nSPS) is 11.9. The highest BCUT2D eigenvalue weighted by Crippen LogP contribution is 2.34. The lowest BCUT2D eigenvalue weighted by atomic mass is 10.0. The number of phenolic OH excluding ortho intramolecular Hbond substituents is 2. The first-order valence-electron chi connectivity index (χ1n) is 7.33. The molecule has 5 heteroatoms. The molecule has 0 aliphatic heterocycles. The van der Waals surface area contributed by atoms with E-state index in [1.54, 1.807) is 36.0 Å². The van der Waals surface area contributed by atoms with Crippen LogP contribution in [0.15, 0.2) is 48.5 Å². The van der Waals surface area contributed by atoms with E-state index in [9.17, 15) is 15.0 Å². The molecule has 0 fully saturated rings. The van der Waals surface area contributed by atoms with E-state index in [0.29, 0.717) is 12.2 Å². The van der Waals surface area contributed by atoms with Crippen LogP contribution >= 0.6 is 11.8 Å². The number of aromatic hydroxyl groups is 2. The summed E-state index contributed by atoms with van der Waals surface area (Å²) in [5, 5.41) is 19.0. The summed E-state index contributed by atoms with van der Waals surface area (Å²) in [4.78, 5) is 11.3. The number of ether oxygens (including phenoxy) is 1. The van der Waals surface area contributed by atoms with Gasteiger partial charge in [0.2, 0.25) is 0 Å². The van der Waals surface area contributed by atoms with E-state index in [0.717, 1.165) is 17.5 Å². The summed E-state index contributed by atoms with van der Waals surface area (Å²) in [5.41, 5.74) is 2.19. The van der Waals surface area contributed by atoms with Gasteiger partial charge in [-0.15, -0.1) is 0 Å². The topological polar surface area (TPSA) is 66.8 Å². The number of thioether (sulfide) groups is 1. The van der Waals surface area contributed by atoms with E-state index in [2.05, 4.69) is 4.74 Å². The minimum Gasteiger partial charge on any atom is -0.508 e. The van der Waals surface area contributed by atoms with E-state index in [-0.39, 0.29) is 22.7 Å². The summed E-state index contributed by atoms with van der Waals surface area (Å²) >= 11 is 1.68. The Morgan fingerprint density at radius 1 is 1.04 bits per heavy atom. The van der Waals surface area contributed by atoms with Crippen molar-refractivity contribution in [2.45, 2.75) is 18.1 Å². The summed E-state index contributed by atoms with van der Waals surface area (Å²) < 4.78 is 4.67. The first-order chi connectivity index (χ1) is 11.1. The molecule has 122 valence electrons. The maximum atomic E-state index is 11.3. The second-order valence-corrected chi connectivity index (χ2v) is 6.46. The molecule has 0 saturated carbocycles. The van der Waals surface area contributed by atoms with Gasteiger partial charge in [-0.2, -0.15) is 11.8 Å². The number of esters is 1. The zero-order valence-electron chi connectivity index (χ0n) is 12.9. The maximum absolute atomic E-state index is 11.3. The molecule has 1 atom stereocenters. The summed E-state index contributed by atoms with van der Waals surface area (Å²) in [6.45, 7) is 0. The van der Waals surface area contributed by atoms with Crippen LogP contribution < -0.4 is 0 Å². The number of benzene rings is 2. The average molecular weight is 332 g/mol. The molecule has 2 rings (SSSR count). The Kier molecular flexibility index (Phi) is 6.35. The monoisotopic (exact) mass is 332 g/mol. The molecule has 2 N–H and O–H groups in total. The van der Waals surface area contributed by atoms with Crippen LogP contribution in [0.1, 0.15) is 22.8 Å². The van der Waals surface area contributed by atoms with Gasteiger partial charge in [0.05, 0.1) is 13.5 Å². The van der Waals surface area contributed by atoms with Crippen LogP contribution in [0.25, 0.3) is 0 Å². The smallest absolute Gasteiger partial charge is 0.306 e. The molecular weight excluding hydrogens is 312 g/mol. The quantitative estimate of drug-likeness (QED) is 0.757. The standard InChI is InChI=1S/C18H20O4S/c1-22-18(21)10-11-23-17(14-4-8-16(20)9-5-14)12-13-2-6-15(19)7-3-13/h2-9,17,19-20H,10-12H2,1H3/t17-/m0/s1. The Morgan fingerprint density at radius 3 is 2.17 bits per heavy atom. The zero-order valence-corrected chi connectivity index (χ0v) is 13.8. The Bertz CT molecular complexity index is 622. The van der Waals surface area contributed by atoms with Crippen molar-refractivity contribution in [1.82, 2.24) is 0 Å². The fourth-order valence-electron chi connectivity index (χ4n) is 2.19. The molecule has 2 aromatic carbocycles. The van der Waals surface area contributed by atoms with E-state index < -0.39 is 0 Å². The van der Waals surface area contributed by atoms with Crippen LogP contribution in [0.4, 0.5) is 0 Å². The van der Waals surface area contributed by atoms with Crippen LogP contribution in [0.3, 0.4) is 0 Å². The molecule has 0 aromatic heterocycles. The third-order valence-electron chi connectivity index (χ3n) is 3.48. The number of hydrogen-bond donors (Lipinski definition) is 2. The van der Waals surface area contributed by atoms with Gasteiger partial charge < -0.3 is 14.9 Å². The minimum absolute atomic E-state index is 0.157. The largest absolute Gasteiger partial charge is 0.508 e. The lowest BCUT2D eigenvalue weighted by molar-refractivity contribution is -0.140. The highest BCUT2D eigenvalue weighted by molar-refractivity contribution is 7.99. The van der Waals surface area contributed by atoms with Crippen LogP contribution in [0.2, 0.25) is 0 Å². The molecule has 0 aliphatic carbocycles. The molecule has 0 spiro atoms. The SMILES string of the molecule is COC(=O)CCS[C@@H](Cc1ccc(O)cc1)c1ccc(O)cc1. The maximum Gasteiger partial charge on any atom is 0.306 e. The van der Waals surface area contributed by atoms with Crippen molar-refractivity contribution in [1.29, 1.82) is 0 Å². The molecule has 0 aliphatic rings. The van der Waals surface area contributed by atoms with Crippen molar-refractivity contribution in [2.24, 2.45) is 0 Å². The Hall–Kier alpha value is -2.14. The number of hydrogen-bond acceptors (Lipinski definition) is 5. The van der Waals surface area contributed by atoms with Crippen LogP contribution in [-0.4, -0.2) is 29.0 Å². The zero-order chi connectivity index (χ0) is 16.7. The van der Waals surface area contributed by atoms with E-state index in [1.165, 1.54) is 7.11 Å². The first kappa shape index (κ1) is 17.2. The average Bonchev–Trinajstić information content (AvgIpc) is 2.56. The molecule has 0 heterocycles. The van der Waals surface area contributed by atoms with Crippen molar-refractivity contribution in [3.05, 3.63) is 59.7 Å². The minimum atomic E-state index is -0.216. The third kappa shape index (κ3) is 5.53. The van der Waals surface area contributed by atoms with Gasteiger partial charge in [-0.3, -0.25) is 4.79 Å². The lowest BCUT2D eigenvalue weighted by Crippen LogP contribution is -2.05. The molecule has 0 saturated heterocycles. The fourth-order valence-corrected chi connectivity index (χ4v) is 3.42. The molecule has 2 aromatic rings. The number of carbonyl (C=O) groups is 1. The first-order valence-corrected chi connectivity index (χ1v) is 8.38. The van der Waals surface area contributed by atoms with Gasteiger partial charge in [0.25, 0.3) is 0 Å². The summed E-state index contributed by atoms with van der Waals surface area (Å²) in [6, 6.07) is 14.2. The molecule has 0 bridgehead atoms. The van der Waals surface area contributed by atoms with Crippen molar-refractivity contribution in [3.8, 4) is 11.5 Å². The van der Waals surface area contributed by atoms with Crippen LogP contribution in [0.5, 0.6) is 11.5 Å². The van der Waals surface area contributed by atoms with E-state index in [4.69, 9.17) is 0 Å². The van der Waals surface area contributed by atoms with Gasteiger partial charge in [0.15, 0.2) is 0 Å². The number of phenols is 2. The fraction of sp³-hybridized carbons (Fsp3) is 0.278. The van der Waals surface area contributed by atoms with Gasteiger partial charge in [-0.25, -0.2) is 0 Å². The Morgan fingerprint density at radius 2 is 1.61 bits per heavy atom. The Labute approximate surface area is 140 Å². The molecule has 23 heavy (non-hydrogen) atoms. The molecular formula is C18H20O4S. The summed E-state index contributed by atoms with van der Waals surface area (Å²) in [7, 11) is 1.39. The van der Waals surface area contributed by atoms with Gasteiger partial charge >= 0.3 is 5.97 Å². The highest BCUT2D eigenvalue weighted by Gasteiger charge is 2.14. The molecule has 4 nitrogen and oxygen atoms in total. The second-order valence-electron chi connectivity index (χ2n) is 5.15. The number of rotatable bonds is 7. The lowest BCUT2D eigenvalue weighted by Gasteiger charge is -2.17. The third-order valence-corrected chi connectivity index (χ3v) is 4.76. The number of methoxy groups -OCH3 is 1. The van der Waals surface area contributed by atoms with E-state index in [1.807, 2.05) is 24.3 Å².